The highest BCUT2D eigenvalue weighted by molar-refractivity contribution is 6.29. The number of nitrogens with zero attached hydrogens (tertiary/aromatic N) is 2. The quantitative estimate of drug-likeness (QED) is 0.625. The summed E-state index contributed by atoms with van der Waals surface area (Å²) in [5.74, 6) is 0.672. The Balaban J connectivity index is 1.88. The van der Waals surface area contributed by atoms with Crippen LogP contribution in [0.25, 0.3) is 0 Å². The molecule has 15 heavy (non-hydrogen) atoms. The Morgan fingerprint density at radius 3 is 3.20 bits per heavy atom. The SMILES string of the molecule is Clc1ccc2c(n1)C1C[C@@H]3CC[C@H]1N3C2. The Morgan fingerprint density at radius 2 is 2.27 bits per heavy atom. The molecule has 2 saturated heterocycles. The summed E-state index contributed by atoms with van der Waals surface area (Å²) in [6, 6.07) is 5.68. The molecule has 3 heteroatoms. The van der Waals surface area contributed by atoms with Crippen molar-refractivity contribution in [3.05, 3.63) is 28.5 Å². The summed E-state index contributed by atoms with van der Waals surface area (Å²) < 4.78 is 0. The molecule has 4 atom stereocenters. The van der Waals surface area contributed by atoms with Crippen molar-refractivity contribution < 1.29 is 0 Å². The third-order valence-electron chi connectivity index (χ3n) is 4.36. The first-order valence-corrected chi connectivity index (χ1v) is 6.12. The van der Waals surface area contributed by atoms with E-state index in [0.717, 1.165) is 18.6 Å². The normalized spacial score (nSPS) is 40.6. The van der Waals surface area contributed by atoms with Gasteiger partial charge in [-0.25, -0.2) is 4.98 Å². The molecule has 1 aromatic heterocycles. The summed E-state index contributed by atoms with van der Waals surface area (Å²) in [7, 11) is 0. The van der Waals surface area contributed by atoms with Crippen LogP contribution in [0.3, 0.4) is 0 Å². The third kappa shape index (κ3) is 1.02. The Hall–Kier alpha value is -0.600. The third-order valence-corrected chi connectivity index (χ3v) is 4.57. The van der Waals surface area contributed by atoms with E-state index >= 15 is 0 Å². The van der Waals surface area contributed by atoms with Crippen molar-refractivity contribution in [2.75, 3.05) is 0 Å². The number of hydrogen-bond donors (Lipinski definition) is 0. The molecule has 1 aromatic rings. The molecule has 4 heterocycles. The summed E-state index contributed by atoms with van der Waals surface area (Å²) in [6.07, 6.45) is 4.07. The molecular weight excluding hydrogens is 208 g/mol. The average molecular weight is 221 g/mol. The molecule has 0 saturated carbocycles. The maximum atomic E-state index is 5.99. The van der Waals surface area contributed by atoms with E-state index < -0.39 is 0 Å². The molecule has 3 aliphatic heterocycles. The molecule has 4 rings (SSSR count). The van der Waals surface area contributed by atoms with E-state index in [1.165, 1.54) is 30.5 Å². The molecule has 3 aliphatic rings. The van der Waals surface area contributed by atoms with E-state index in [2.05, 4.69) is 16.0 Å². The zero-order valence-corrected chi connectivity index (χ0v) is 9.24. The van der Waals surface area contributed by atoms with Gasteiger partial charge < -0.3 is 0 Å². The molecule has 78 valence electrons. The van der Waals surface area contributed by atoms with Gasteiger partial charge in [-0.3, -0.25) is 4.90 Å². The van der Waals surface area contributed by atoms with Crippen LogP contribution in [0.5, 0.6) is 0 Å². The molecule has 2 unspecified atom stereocenters. The van der Waals surface area contributed by atoms with Gasteiger partial charge in [0.2, 0.25) is 0 Å². The first-order valence-electron chi connectivity index (χ1n) is 5.74. The molecule has 0 spiro atoms. The largest absolute Gasteiger partial charge is 0.292 e. The van der Waals surface area contributed by atoms with E-state index in [0.29, 0.717) is 11.1 Å². The lowest BCUT2D eigenvalue weighted by atomic mass is 9.84. The summed E-state index contributed by atoms with van der Waals surface area (Å²) in [5.41, 5.74) is 2.70. The fourth-order valence-corrected chi connectivity index (χ4v) is 3.93. The second-order valence-corrected chi connectivity index (χ2v) is 5.38. The fourth-order valence-electron chi connectivity index (χ4n) is 3.77. The number of pyridine rings is 1. The smallest absolute Gasteiger partial charge is 0.129 e. The van der Waals surface area contributed by atoms with Crippen molar-refractivity contribution in [3.63, 3.8) is 0 Å². The summed E-state index contributed by atoms with van der Waals surface area (Å²) in [4.78, 5) is 7.23. The topological polar surface area (TPSA) is 16.1 Å². The molecule has 0 aliphatic carbocycles. The first kappa shape index (κ1) is 8.54. The van der Waals surface area contributed by atoms with Crippen molar-refractivity contribution in [2.45, 2.75) is 43.8 Å². The van der Waals surface area contributed by atoms with Crippen LogP contribution < -0.4 is 0 Å². The highest BCUT2D eigenvalue weighted by Gasteiger charge is 2.50. The maximum Gasteiger partial charge on any atom is 0.129 e. The van der Waals surface area contributed by atoms with Crippen LogP contribution in [0.15, 0.2) is 12.1 Å². The molecular formula is C12H13ClN2. The Labute approximate surface area is 94.3 Å². The van der Waals surface area contributed by atoms with Crippen LogP contribution in [-0.4, -0.2) is 22.0 Å². The number of rotatable bonds is 0. The van der Waals surface area contributed by atoms with Gasteiger partial charge in [-0.1, -0.05) is 17.7 Å². The van der Waals surface area contributed by atoms with Crippen LogP contribution in [-0.2, 0) is 6.54 Å². The average Bonchev–Trinajstić information content (AvgIpc) is 2.75. The zero-order valence-electron chi connectivity index (χ0n) is 8.49. The van der Waals surface area contributed by atoms with Crippen molar-refractivity contribution in [1.29, 1.82) is 0 Å². The molecule has 4 bridgehead atoms. The minimum Gasteiger partial charge on any atom is -0.292 e. The van der Waals surface area contributed by atoms with Gasteiger partial charge in [0.1, 0.15) is 5.15 Å². The summed E-state index contributed by atoms with van der Waals surface area (Å²) in [6.45, 7) is 1.10. The van der Waals surface area contributed by atoms with Crippen molar-refractivity contribution in [1.82, 2.24) is 9.88 Å². The molecule has 0 amide bonds. The van der Waals surface area contributed by atoms with Gasteiger partial charge in [-0.05, 0) is 30.9 Å². The van der Waals surface area contributed by atoms with Crippen LogP contribution in [0.2, 0.25) is 5.15 Å². The van der Waals surface area contributed by atoms with E-state index in [4.69, 9.17) is 11.6 Å². The van der Waals surface area contributed by atoms with E-state index in [1.54, 1.807) is 0 Å². The molecule has 0 aromatic carbocycles. The van der Waals surface area contributed by atoms with Crippen molar-refractivity contribution >= 4 is 11.6 Å². The predicted octanol–water partition coefficient (Wildman–Crippen LogP) is 2.57. The van der Waals surface area contributed by atoms with Crippen LogP contribution in [0.1, 0.15) is 36.4 Å². The minimum absolute atomic E-state index is 0.657. The highest BCUT2D eigenvalue weighted by atomic mass is 35.5. The number of hydrogen-bond acceptors (Lipinski definition) is 2. The van der Waals surface area contributed by atoms with Gasteiger partial charge in [0.05, 0.1) is 5.69 Å². The van der Waals surface area contributed by atoms with Crippen LogP contribution in [0, 0.1) is 0 Å². The van der Waals surface area contributed by atoms with Crippen molar-refractivity contribution in [3.8, 4) is 0 Å². The Morgan fingerprint density at radius 1 is 1.33 bits per heavy atom. The summed E-state index contributed by atoms with van der Waals surface area (Å²) in [5, 5.41) is 0.657. The van der Waals surface area contributed by atoms with E-state index in [-0.39, 0.29) is 0 Å². The van der Waals surface area contributed by atoms with Gasteiger partial charge >= 0.3 is 0 Å². The Kier molecular flexibility index (Phi) is 1.56. The van der Waals surface area contributed by atoms with Gasteiger partial charge in [0.25, 0.3) is 0 Å². The number of fused-ring (bicyclic) bond motifs is 2. The molecule has 2 nitrogen and oxygen atoms in total. The standard InChI is InChI=1S/C12H13ClN2/c13-11-4-1-7-6-15-8-2-3-10(15)9(5-8)12(7)14-11/h1,4,8-10H,2-3,5-6H2/t8-,9?,10+/m0/s1. The fraction of sp³-hybridized carbons (Fsp3) is 0.583. The van der Waals surface area contributed by atoms with Gasteiger partial charge in [-0.15, -0.1) is 0 Å². The maximum absolute atomic E-state index is 5.99. The van der Waals surface area contributed by atoms with E-state index in [1.807, 2.05) is 6.07 Å². The molecule has 0 N–H and O–H groups in total. The zero-order chi connectivity index (χ0) is 9.99. The van der Waals surface area contributed by atoms with E-state index in [9.17, 15) is 0 Å². The van der Waals surface area contributed by atoms with Gasteiger partial charge in [-0.2, -0.15) is 0 Å². The number of halogens is 1. The molecule has 2 fully saturated rings. The summed E-state index contributed by atoms with van der Waals surface area (Å²) >= 11 is 5.99. The second-order valence-electron chi connectivity index (χ2n) is 4.99. The lowest BCUT2D eigenvalue weighted by molar-refractivity contribution is 0.225. The number of aromatic nitrogens is 1. The van der Waals surface area contributed by atoms with Crippen LogP contribution >= 0.6 is 11.6 Å². The predicted molar refractivity (Wildman–Crippen MR) is 59.0 cm³/mol. The first-order chi connectivity index (χ1) is 7.33. The second kappa shape index (κ2) is 2.74. The highest BCUT2D eigenvalue weighted by Crippen LogP contribution is 2.51. The van der Waals surface area contributed by atoms with Crippen LogP contribution in [0.4, 0.5) is 0 Å². The monoisotopic (exact) mass is 220 g/mol. The minimum atomic E-state index is 0.657. The lowest BCUT2D eigenvalue weighted by Gasteiger charge is -2.31. The Bertz CT molecular complexity index is 432. The van der Waals surface area contributed by atoms with Crippen molar-refractivity contribution in [2.24, 2.45) is 0 Å². The van der Waals surface area contributed by atoms with Gasteiger partial charge in [0.15, 0.2) is 0 Å². The molecule has 0 radical (unpaired) electrons. The van der Waals surface area contributed by atoms with Gasteiger partial charge in [0, 0.05) is 24.5 Å². The lowest BCUT2D eigenvalue weighted by Crippen LogP contribution is -2.34.